The van der Waals surface area contributed by atoms with Crippen LogP contribution in [0.1, 0.15) is 57.8 Å². The highest BCUT2D eigenvalue weighted by Crippen LogP contribution is 2.37. The second-order valence-corrected chi connectivity index (χ2v) is 6.08. The molecule has 2 rings (SSSR count). The normalized spacial score (nSPS) is 23.4. The SMILES string of the molecule is NCC1(C(=O)NCCOC2CCCCC2)CCCC1. The van der Waals surface area contributed by atoms with Crippen LogP contribution < -0.4 is 11.1 Å². The largest absolute Gasteiger partial charge is 0.376 e. The van der Waals surface area contributed by atoms with E-state index in [2.05, 4.69) is 5.32 Å². The van der Waals surface area contributed by atoms with Crippen LogP contribution in [0.3, 0.4) is 0 Å². The Balaban J connectivity index is 1.63. The summed E-state index contributed by atoms with van der Waals surface area (Å²) in [6.07, 6.45) is 10.8. The molecular formula is C15H28N2O2. The van der Waals surface area contributed by atoms with Crippen LogP contribution >= 0.6 is 0 Å². The molecule has 19 heavy (non-hydrogen) atoms. The maximum absolute atomic E-state index is 12.2. The number of nitrogens with one attached hydrogen (secondary N) is 1. The molecule has 4 nitrogen and oxygen atoms in total. The predicted octanol–water partition coefficient (Wildman–Crippen LogP) is 1.97. The minimum Gasteiger partial charge on any atom is -0.376 e. The van der Waals surface area contributed by atoms with E-state index in [0.717, 1.165) is 25.7 Å². The van der Waals surface area contributed by atoms with Gasteiger partial charge in [0.05, 0.1) is 18.1 Å². The molecule has 2 aliphatic carbocycles. The van der Waals surface area contributed by atoms with Crippen molar-refractivity contribution in [3.05, 3.63) is 0 Å². The van der Waals surface area contributed by atoms with Crippen molar-refractivity contribution >= 4 is 5.91 Å². The van der Waals surface area contributed by atoms with E-state index >= 15 is 0 Å². The summed E-state index contributed by atoms with van der Waals surface area (Å²) in [6, 6.07) is 0. The second kappa shape index (κ2) is 7.25. The third-order valence-corrected chi connectivity index (χ3v) is 4.73. The van der Waals surface area contributed by atoms with Crippen LogP contribution in [-0.4, -0.2) is 31.7 Å². The Labute approximate surface area is 116 Å². The molecule has 1 amide bonds. The first-order chi connectivity index (χ1) is 9.27. The number of amides is 1. The van der Waals surface area contributed by atoms with Crippen molar-refractivity contribution < 1.29 is 9.53 Å². The molecule has 0 aromatic rings. The van der Waals surface area contributed by atoms with Gasteiger partial charge in [0.1, 0.15) is 0 Å². The number of carbonyl (C=O) groups excluding carboxylic acids is 1. The third-order valence-electron chi connectivity index (χ3n) is 4.73. The number of nitrogens with two attached hydrogens (primary N) is 1. The third kappa shape index (κ3) is 3.93. The average Bonchev–Trinajstić information content (AvgIpc) is 2.94. The number of carbonyl (C=O) groups is 1. The fourth-order valence-electron chi connectivity index (χ4n) is 3.39. The molecule has 0 heterocycles. The van der Waals surface area contributed by atoms with Crippen molar-refractivity contribution in [2.24, 2.45) is 11.1 Å². The van der Waals surface area contributed by atoms with E-state index in [0.29, 0.717) is 25.8 Å². The minimum absolute atomic E-state index is 0.139. The summed E-state index contributed by atoms with van der Waals surface area (Å²) in [6.45, 7) is 1.73. The molecule has 0 unspecified atom stereocenters. The number of ether oxygens (including phenoxy) is 1. The summed E-state index contributed by atoms with van der Waals surface area (Å²) >= 11 is 0. The van der Waals surface area contributed by atoms with Crippen molar-refractivity contribution in [1.82, 2.24) is 5.32 Å². The molecule has 0 radical (unpaired) electrons. The molecule has 2 saturated carbocycles. The Morgan fingerprint density at radius 1 is 1.16 bits per heavy atom. The van der Waals surface area contributed by atoms with E-state index in [-0.39, 0.29) is 11.3 Å². The molecule has 0 aromatic heterocycles. The van der Waals surface area contributed by atoms with Gasteiger partial charge < -0.3 is 15.8 Å². The van der Waals surface area contributed by atoms with Gasteiger partial charge in [0.25, 0.3) is 0 Å². The maximum Gasteiger partial charge on any atom is 0.227 e. The highest BCUT2D eigenvalue weighted by atomic mass is 16.5. The Bertz CT molecular complexity index is 282. The van der Waals surface area contributed by atoms with Crippen LogP contribution in [0.15, 0.2) is 0 Å². The average molecular weight is 268 g/mol. The van der Waals surface area contributed by atoms with Gasteiger partial charge >= 0.3 is 0 Å². The summed E-state index contributed by atoms with van der Waals surface area (Å²) in [7, 11) is 0. The monoisotopic (exact) mass is 268 g/mol. The quantitative estimate of drug-likeness (QED) is 0.724. The molecule has 4 heteroatoms. The van der Waals surface area contributed by atoms with E-state index in [1.807, 2.05) is 0 Å². The Morgan fingerprint density at radius 2 is 1.84 bits per heavy atom. The maximum atomic E-state index is 12.2. The predicted molar refractivity (Wildman–Crippen MR) is 75.8 cm³/mol. The van der Waals surface area contributed by atoms with E-state index in [4.69, 9.17) is 10.5 Å². The smallest absolute Gasteiger partial charge is 0.227 e. The summed E-state index contributed by atoms with van der Waals surface area (Å²) in [5.41, 5.74) is 5.51. The van der Waals surface area contributed by atoms with Gasteiger partial charge in [0.2, 0.25) is 5.91 Å². The van der Waals surface area contributed by atoms with E-state index < -0.39 is 0 Å². The van der Waals surface area contributed by atoms with E-state index in [1.165, 1.54) is 32.1 Å². The molecule has 0 saturated heterocycles. The van der Waals surface area contributed by atoms with Crippen molar-refractivity contribution in [1.29, 1.82) is 0 Å². The Hall–Kier alpha value is -0.610. The van der Waals surface area contributed by atoms with E-state index in [9.17, 15) is 4.79 Å². The van der Waals surface area contributed by atoms with Gasteiger partial charge in [0.15, 0.2) is 0 Å². The van der Waals surface area contributed by atoms with Crippen LogP contribution in [0.2, 0.25) is 0 Å². The lowest BCUT2D eigenvalue weighted by Gasteiger charge is -2.26. The lowest BCUT2D eigenvalue weighted by atomic mass is 9.85. The van der Waals surface area contributed by atoms with Crippen molar-refractivity contribution in [3.8, 4) is 0 Å². The lowest BCUT2D eigenvalue weighted by Crippen LogP contribution is -2.45. The Kier molecular flexibility index (Phi) is 5.64. The van der Waals surface area contributed by atoms with Crippen LogP contribution in [0.5, 0.6) is 0 Å². The summed E-state index contributed by atoms with van der Waals surface area (Å²) in [5.74, 6) is 0.139. The van der Waals surface area contributed by atoms with Gasteiger partial charge in [-0.3, -0.25) is 4.79 Å². The standard InChI is InChI=1S/C15H28N2O2/c16-12-15(8-4-5-9-15)14(18)17-10-11-19-13-6-2-1-3-7-13/h13H,1-12,16H2,(H,17,18). The summed E-state index contributed by atoms with van der Waals surface area (Å²) < 4.78 is 5.82. The van der Waals surface area contributed by atoms with Crippen molar-refractivity contribution in [3.63, 3.8) is 0 Å². The first-order valence-electron chi connectivity index (χ1n) is 7.87. The number of hydrogen-bond donors (Lipinski definition) is 2. The topological polar surface area (TPSA) is 64.4 Å². The first-order valence-corrected chi connectivity index (χ1v) is 7.87. The van der Waals surface area contributed by atoms with Crippen LogP contribution in [-0.2, 0) is 9.53 Å². The molecule has 0 spiro atoms. The van der Waals surface area contributed by atoms with Gasteiger partial charge in [-0.2, -0.15) is 0 Å². The number of rotatable bonds is 6. The molecule has 3 N–H and O–H groups in total. The molecule has 0 aliphatic heterocycles. The molecule has 2 fully saturated rings. The first kappa shape index (κ1) is 14.8. The highest BCUT2D eigenvalue weighted by Gasteiger charge is 2.39. The van der Waals surface area contributed by atoms with Crippen LogP contribution in [0.25, 0.3) is 0 Å². The second-order valence-electron chi connectivity index (χ2n) is 6.08. The van der Waals surface area contributed by atoms with Crippen LogP contribution in [0.4, 0.5) is 0 Å². The van der Waals surface area contributed by atoms with Gasteiger partial charge in [-0.1, -0.05) is 32.1 Å². The van der Waals surface area contributed by atoms with Gasteiger partial charge in [-0.15, -0.1) is 0 Å². The van der Waals surface area contributed by atoms with Crippen molar-refractivity contribution in [2.45, 2.75) is 63.9 Å². The molecular weight excluding hydrogens is 240 g/mol. The van der Waals surface area contributed by atoms with Gasteiger partial charge in [-0.25, -0.2) is 0 Å². The molecule has 0 bridgehead atoms. The zero-order valence-corrected chi connectivity index (χ0v) is 12.0. The fraction of sp³-hybridized carbons (Fsp3) is 0.933. The zero-order chi connectivity index (χ0) is 13.6. The lowest BCUT2D eigenvalue weighted by molar-refractivity contribution is -0.130. The zero-order valence-electron chi connectivity index (χ0n) is 12.0. The number of hydrogen-bond acceptors (Lipinski definition) is 3. The van der Waals surface area contributed by atoms with Gasteiger partial charge in [-0.05, 0) is 25.7 Å². The molecule has 0 aromatic carbocycles. The molecule has 0 atom stereocenters. The molecule has 2 aliphatic rings. The fourth-order valence-corrected chi connectivity index (χ4v) is 3.39. The summed E-state index contributed by atoms with van der Waals surface area (Å²) in [4.78, 5) is 12.2. The minimum atomic E-state index is -0.287. The Morgan fingerprint density at radius 3 is 2.47 bits per heavy atom. The molecule has 110 valence electrons. The van der Waals surface area contributed by atoms with Crippen LogP contribution in [0, 0.1) is 5.41 Å². The van der Waals surface area contributed by atoms with Crippen molar-refractivity contribution in [2.75, 3.05) is 19.7 Å². The summed E-state index contributed by atoms with van der Waals surface area (Å²) in [5, 5.41) is 3.01. The van der Waals surface area contributed by atoms with Gasteiger partial charge in [0, 0.05) is 13.1 Å². The van der Waals surface area contributed by atoms with E-state index in [1.54, 1.807) is 0 Å². The highest BCUT2D eigenvalue weighted by molar-refractivity contribution is 5.83.